The summed E-state index contributed by atoms with van der Waals surface area (Å²) < 4.78 is 0. The Balaban J connectivity index is 1.84. The summed E-state index contributed by atoms with van der Waals surface area (Å²) in [4.78, 5) is 27.5. The van der Waals surface area contributed by atoms with Crippen LogP contribution >= 0.6 is 11.6 Å². The fraction of sp³-hybridized carbons (Fsp3) is 0.133. The van der Waals surface area contributed by atoms with Gasteiger partial charge in [0.2, 0.25) is 5.91 Å². The number of hydrogen-bond acceptors (Lipinski definition) is 3. The maximum absolute atomic E-state index is 11.9. The minimum atomic E-state index is -0.208. The molecule has 1 heterocycles. The van der Waals surface area contributed by atoms with Gasteiger partial charge in [-0.2, -0.15) is 0 Å². The van der Waals surface area contributed by atoms with Crippen LogP contribution in [0.1, 0.15) is 23.2 Å². The maximum Gasteiger partial charge on any atom is 0.224 e. The van der Waals surface area contributed by atoms with Gasteiger partial charge < -0.3 is 5.32 Å². The van der Waals surface area contributed by atoms with Crippen LogP contribution in [0.5, 0.6) is 0 Å². The first-order valence-electron chi connectivity index (χ1n) is 6.14. The van der Waals surface area contributed by atoms with Gasteiger partial charge in [0.05, 0.1) is 11.9 Å². The van der Waals surface area contributed by atoms with Crippen LogP contribution in [-0.4, -0.2) is 16.7 Å². The lowest BCUT2D eigenvalue weighted by Gasteiger charge is -2.04. The lowest BCUT2D eigenvalue weighted by atomic mass is 10.1. The summed E-state index contributed by atoms with van der Waals surface area (Å²) >= 11 is 5.75. The van der Waals surface area contributed by atoms with Crippen LogP contribution in [0.2, 0.25) is 5.02 Å². The summed E-state index contributed by atoms with van der Waals surface area (Å²) in [5.41, 5.74) is 1.18. The Morgan fingerprint density at radius 3 is 2.50 bits per heavy atom. The number of nitrogens with zero attached hydrogens (tertiary/aromatic N) is 1. The first-order valence-corrected chi connectivity index (χ1v) is 6.51. The number of aromatic nitrogens is 1. The second kappa shape index (κ2) is 6.82. The summed E-state index contributed by atoms with van der Waals surface area (Å²) in [5.74, 6) is -0.289. The molecule has 0 saturated heterocycles. The summed E-state index contributed by atoms with van der Waals surface area (Å²) in [7, 11) is 0. The van der Waals surface area contributed by atoms with Crippen molar-refractivity contribution in [2.75, 3.05) is 5.32 Å². The molecule has 0 radical (unpaired) electrons. The van der Waals surface area contributed by atoms with Crippen molar-refractivity contribution < 1.29 is 9.59 Å². The van der Waals surface area contributed by atoms with Crippen LogP contribution in [0.3, 0.4) is 0 Å². The molecule has 102 valence electrons. The molecule has 0 spiro atoms. The minimum absolute atomic E-state index is 0.0806. The minimum Gasteiger partial charge on any atom is -0.325 e. The fourth-order valence-electron chi connectivity index (χ4n) is 1.67. The second-order valence-electron chi connectivity index (χ2n) is 4.22. The molecule has 0 aliphatic heterocycles. The average Bonchev–Trinajstić information content (AvgIpc) is 2.46. The van der Waals surface area contributed by atoms with Gasteiger partial charge >= 0.3 is 0 Å². The van der Waals surface area contributed by atoms with Crippen molar-refractivity contribution in [1.29, 1.82) is 0 Å². The second-order valence-corrected chi connectivity index (χ2v) is 4.66. The van der Waals surface area contributed by atoms with E-state index in [4.69, 9.17) is 11.6 Å². The molecule has 5 heteroatoms. The molecule has 4 nitrogen and oxygen atoms in total. The van der Waals surface area contributed by atoms with Crippen molar-refractivity contribution in [3.05, 3.63) is 59.4 Å². The van der Waals surface area contributed by atoms with E-state index in [0.29, 0.717) is 16.3 Å². The molecule has 20 heavy (non-hydrogen) atoms. The number of benzene rings is 1. The molecule has 1 amide bonds. The van der Waals surface area contributed by atoms with Crippen molar-refractivity contribution in [2.45, 2.75) is 12.8 Å². The zero-order valence-corrected chi connectivity index (χ0v) is 11.4. The summed E-state index contributed by atoms with van der Waals surface area (Å²) in [6.45, 7) is 0. The predicted octanol–water partition coefficient (Wildman–Crippen LogP) is 3.34. The smallest absolute Gasteiger partial charge is 0.224 e. The molecule has 2 aromatic rings. The lowest BCUT2D eigenvalue weighted by molar-refractivity contribution is -0.116. The third-order valence-electron chi connectivity index (χ3n) is 2.69. The Labute approximate surface area is 121 Å². The maximum atomic E-state index is 11.9. The highest BCUT2D eigenvalue weighted by molar-refractivity contribution is 6.30. The number of Topliss-reactive ketones (excluding diaryl/α,β-unsaturated/α-hetero) is 1. The molecule has 1 aromatic heterocycles. The van der Waals surface area contributed by atoms with E-state index in [1.807, 2.05) is 0 Å². The van der Waals surface area contributed by atoms with Gasteiger partial charge in [0, 0.05) is 29.6 Å². The van der Waals surface area contributed by atoms with Gasteiger partial charge in [-0.3, -0.25) is 14.6 Å². The van der Waals surface area contributed by atoms with Crippen molar-refractivity contribution in [1.82, 2.24) is 4.98 Å². The van der Waals surface area contributed by atoms with Gasteiger partial charge in [-0.25, -0.2) is 0 Å². The number of hydrogen-bond donors (Lipinski definition) is 1. The average molecular weight is 289 g/mol. The highest BCUT2D eigenvalue weighted by Crippen LogP contribution is 2.12. The molecular weight excluding hydrogens is 276 g/mol. The number of pyridine rings is 1. The standard InChI is InChI=1S/C15H13ClN2O2/c16-12-5-3-11(4-6-12)14(19)7-8-15(20)18-13-2-1-9-17-10-13/h1-6,9-10H,7-8H2,(H,18,20). The molecule has 0 bridgehead atoms. The molecule has 0 aliphatic rings. The van der Waals surface area contributed by atoms with E-state index in [1.54, 1.807) is 48.8 Å². The Hall–Kier alpha value is -2.20. The Kier molecular flexibility index (Phi) is 4.85. The van der Waals surface area contributed by atoms with Crippen molar-refractivity contribution in [3.63, 3.8) is 0 Å². The van der Waals surface area contributed by atoms with Crippen molar-refractivity contribution in [3.8, 4) is 0 Å². The Morgan fingerprint density at radius 1 is 1.10 bits per heavy atom. The van der Waals surface area contributed by atoms with Gasteiger partial charge in [0.1, 0.15) is 0 Å². The van der Waals surface area contributed by atoms with E-state index in [-0.39, 0.29) is 24.5 Å². The van der Waals surface area contributed by atoms with Gasteiger partial charge in [-0.15, -0.1) is 0 Å². The van der Waals surface area contributed by atoms with E-state index in [1.165, 1.54) is 0 Å². The highest BCUT2D eigenvalue weighted by atomic mass is 35.5. The van der Waals surface area contributed by atoms with E-state index in [2.05, 4.69) is 10.3 Å². The molecule has 0 fully saturated rings. The Bertz CT molecular complexity index is 597. The van der Waals surface area contributed by atoms with Gasteiger partial charge in [-0.05, 0) is 36.4 Å². The monoisotopic (exact) mass is 288 g/mol. The van der Waals surface area contributed by atoms with E-state index < -0.39 is 0 Å². The fourth-order valence-corrected chi connectivity index (χ4v) is 1.79. The summed E-state index contributed by atoms with van der Waals surface area (Å²) in [6, 6.07) is 10.1. The van der Waals surface area contributed by atoms with Crippen LogP contribution in [0.4, 0.5) is 5.69 Å². The molecule has 0 atom stereocenters. The molecule has 2 rings (SSSR count). The van der Waals surface area contributed by atoms with Gasteiger partial charge in [0.15, 0.2) is 5.78 Å². The first kappa shape index (κ1) is 14.2. The topological polar surface area (TPSA) is 59.1 Å². The third-order valence-corrected chi connectivity index (χ3v) is 2.94. The normalized spacial score (nSPS) is 10.1. The zero-order chi connectivity index (χ0) is 14.4. The van der Waals surface area contributed by atoms with Crippen LogP contribution in [-0.2, 0) is 4.79 Å². The summed E-state index contributed by atoms with van der Waals surface area (Å²) in [6.07, 6.45) is 3.47. The first-order chi connectivity index (χ1) is 9.65. The number of rotatable bonds is 5. The highest BCUT2D eigenvalue weighted by Gasteiger charge is 2.09. The van der Waals surface area contributed by atoms with Crippen LogP contribution in [0.15, 0.2) is 48.8 Å². The molecule has 1 aromatic carbocycles. The molecular formula is C15H13ClN2O2. The number of anilines is 1. The number of carbonyl (C=O) groups is 2. The number of amides is 1. The van der Waals surface area contributed by atoms with Gasteiger partial charge in [0.25, 0.3) is 0 Å². The molecule has 0 aliphatic carbocycles. The molecule has 1 N–H and O–H groups in total. The molecule has 0 unspecified atom stereocenters. The lowest BCUT2D eigenvalue weighted by Crippen LogP contribution is -2.13. The SMILES string of the molecule is O=C(CCC(=O)c1ccc(Cl)cc1)Nc1cccnc1. The van der Waals surface area contributed by atoms with Crippen LogP contribution in [0.25, 0.3) is 0 Å². The summed E-state index contributed by atoms with van der Waals surface area (Å²) in [5, 5.41) is 3.26. The van der Waals surface area contributed by atoms with Crippen molar-refractivity contribution in [2.24, 2.45) is 0 Å². The Morgan fingerprint density at radius 2 is 1.85 bits per heavy atom. The number of carbonyl (C=O) groups excluding carboxylic acids is 2. The van der Waals surface area contributed by atoms with E-state index in [0.717, 1.165) is 0 Å². The molecule has 0 saturated carbocycles. The van der Waals surface area contributed by atoms with E-state index >= 15 is 0 Å². The van der Waals surface area contributed by atoms with E-state index in [9.17, 15) is 9.59 Å². The quantitative estimate of drug-likeness (QED) is 0.859. The zero-order valence-electron chi connectivity index (χ0n) is 10.7. The van der Waals surface area contributed by atoms with Crippen LogP contribution < -0.4 is 5.32 Å². The van der Waals surface area contributed by atoms with Crippen molar-refractivity contribution >= 4 is 29.0 Å². The number of halogens is 1. The largest absolute Gasteiger partial charge is 0.325 e. The predicted molar refractivity (Wildman–Crippen MR) is 77.9 cm³/mol. The third kappa shape index (κ3) is 4.17. The number of nitrogens with one attached hydrogen (secondary N) is 1. The van der Waals surface area contributed by atoms with Gasteiger partial charge in [-0.1, -0.05) is 11.6 Å². The van der Waals surface area contributed by atoms with Crippen LogP contribution in [0, 0.1) is 0 Å². The number of ketones is 1.